The van der Waals surface area contributed by atoms with E-state index in [9.17, 15) is 14.4 Å². The van der Waals surface area contributed by atoms with Gasteiger partial charge in [0.1, 0.15) is 11.4 Å². The third kappa shape index (κ3) is 6.33. The maximum atomic E-state index is 11.7. The van der Waals surface area contributed by atoms with Gasteiger partial charge in [0.15, 0.2) is 0 Å². The van der Waals surface area contributed by atoms with E-state index in [0.29, 0.717) is 17.1 Å². The number of pyridine rings is 1. The van der Waals surface area contributed by atoms with E-state index < -0.39 is 23.6 Å². The lowest BCUT2D eigenvalue weighted by atomic mass is 10.2. The molecule has 0 bridgehead atoms. The number of nitrogens with zero attached hydrogens (tertiary/aromatic N) is 1. The molecule has 2 amide bonds. The first-order valence-corrected chi connectivity index (χ1v) is 7.07. The number of aromatic nitrogens is 1. The SMILES string of the molecule is CCOC(=O)C(=O)Nc1cnc(NC(=O)OC(C)(C)C)c(C)c1. The fourth-order valence-electron chi connectivity index (χ4n) is 1.55. The molecule has 1 heterocycles. The Labute approximate surface area is 134 Å². The molecule has 1 aromatic heterocycles. The topological polar surface area (TPSA) is 107 Å². The lowest BCUT2D eigenvalue weighted by molar-refractivity contribution is -0.152. The molecule has 0 aromatic carbocycles. The van der Waals surface area contributed by atoms with Gasteiger partial charge in [0.25, 0.3) is 0 Å². The smallest absolute Gasteiger partial charge is 0.413 e. The summed E-state index contributed by atoms with van der Waals surface area (Å²) >= 11 is 0. The van der Waals surface area contributed by atoms with Gasteiger partial charge in [-0.15, -0.1) is 0 Å². The fraction of sp³-hybridized carbons (Fsp3) is 0.467. The predicted molar refractivity (Wildman–Crippen MR) is 84.1 cm³/mol. The van der Waals surface area contributed by atoms with Crippen LogP contribution in [-0.2, 0) is 19.1 Å². The highest BCUT2D eigenvalue weighted by Crippen LogP contribution is 2.17. The number of hydrogen-bond acceptors (Lipinski definition) is 6. The summed E-state index contributed by atoms with van der Waals surface area (Å²) in [4.78, 5) is 38.5. The van der Waals surface area contributed by atoms with Gasteiger partial charge in [-0.3, -0.25) is 10.1 Å². The zero-order chi connectivity index (χ0) is 17.6. The highest BCUT2D eigenvalue weighted by atomic mass is 16.6. The molecule has 0 aliphatic rings. The molecule has 0 fully saturated rings. The van der Waals surface area contributed by atoms with Crippen molar-refractivity contribution in [3.8, 4) is 0 Å². The van der Waals surface area contributed by atoms with E-state index in [1.54, 1.807) is 40.7 Å². The molecule has 0 aliphatic carbocycles. The van der Waals surface area contributed by atoms with Gasteiger partial charge in [-0.1, -0.05) is 0 Å². The minimum Gasteiger partial charge on any atom is -0.459 e. The van der Waals surface area contributed by atoms with Gasteiger partial charge in [-0.25, -0.2) is 14.6 Å². The van der Waals surface area contributed by atoms with E-state index in [-0.39, 0.29) is 6.61 Å². The molecule has 23 heavy (non-hydrogen) atoms. The maximum Gasteiger partial charge on any atom is 0.413 e. The van der Waals surface area contributed by atoms with Crippen molar-refractivity contribution in [1.82, 2.24) is 4.98 Å². The average molecular weight is 323 g/mol. The normalized spacial score (nSPS) is 10.7. The van der Waals surface area contributed by atoms with Crippen LogP contribution in [0.15, 0.2) is 12.3 Å². The number of esters is 1. The first kappa shape index (κ1) is 18.4. The van der Waals surface area contributed by atoms with Crippen molar-refractivity contribution in [3.05, 3.63) is 17.8 Å². The maximum absolute atomic E-state index is 11.7. The minimum absolute atomic E-state index is 0.113. The van der Waals surface area contributed by atoms with Crippen molar-refractivity contribution < 1.29 is 23.9 Å². The molecule has 1 rings (SSSR count). The van der Waals surface area contributed by atoms with Gasteiger partial charge in [-0.05, 0) is 46.2 Å². The summed E-state index contributed by atoms with van der Waals surface area (Å²) in [6.07, 6.45) is 0.688. The fourth-order valence-corrected chi connectivity index (χ4v) is 1.55. The molecule has 0 saturated heterocycles. The van der Waals surface area contributed by atoms with Crippen LogP contribution in [0.4, 0.5) is 16.3 Å². The highest BCUT2D eigenvalue weighted by Gasteiger charge is 2.18. The van der Waals surface area contributed by atoms with E-state index in [2.05, 4.69) is 20.4 Å². The number of amides is 2. The van der Waals surface area contributed by atoms with E-state index in [1.807, 2.05) is 0 Å². The van der Waals surface area contributed by atoms with Crippen LogP contribution in [-0.4, -0.2) is 35.2 Å². The Hall–Kier alpha value is -2.64. The first-order valence-electron chi connectivity index (χ1n) is 7.07. The number of nitrogens with one attached hydrogen (secondary N) is 2. The van der Waals surface area contributed by atoms with Gasteiger partial charge in [0, 0.05) is 0 Å². The summed E-state index contributed by atoms with van der Waals surface area (Å²) in [7, 11) is 0. The molecule has 0 atom stereocenters. The Morgan fingerprint density at radius 3 is 2.39 bits per heavy atom. The van der Waals surface area contributed by atoms with Gasteiger partial charge in [0.2, 0.25) is 0 Å². The second-order valence-corrected chi connectivity index (χ2v) is 5.69. The van der Waals surface area contributed by atoms with Crippen LogP contribution in [0.5, 0.6) is 0 Å². The molecule has 1 aromatic rings. The zero-order valence-electron chi connectivity index (χ0n) is 13.9. The molecule has 0 spiro atoms. The second kappa shape index (κ2) is 7.57. The summed E-state index contributed by atoms with van der Waals surface area (Å²) in [6.45, 7) is 8.67. The van der Waals surface area contributed by atoms with Crippen LogP contribution in [0.3, 0.4) is 0 Å². The zero-order valence-corrected chi connectivity index (χ0v) is 13.9. The van der Waals surface area contributed by atoms with Crippen molar-refractivity contribution in [2.75, 3.05) is 17.2 Å². The van der Waals surface area contributed by atoms with Gasteiger partial charge in [-0.2, -0.15) is 0 Å². The molecule has 126 valence electrons. The number of rotatable bonds is 3. The van der Waals surface area contributed by atoms with Crippen LogP contribution < -0.4 is 10.6 Å². The van der Waals surface area contributed by atoms with Crippen molar-refractivity contribution in [2.24, 2.45) is 0 Å². The van der Waals surface area contributed by atoms with Crippen molar-refractivity contribution in [3.63, 3.8) is 0 Å². The lowest BCUT2D eigenvalue weighted by Gasteiger charge is -2.20. The molecule has 0 unspecified atom stereocenters. The Morgan fingerprint density at radius 2 is 1.87 bits per heavy atom. The quantitative estimate of drug-likeness (QED) is 0.652. The van der Waals surface area contributed by atoms with E-state index in [4.69, 9.17) is 4.74 Å². The van der Waals surface area contributed by atoms with E-state index in [1.165, 1.54) is 6.20 Å². The molecular weight excluding hydrogens is 302 g/mol. The largest absolute Gasteiger partial charge is 0.459 e. The van der Waals surface area contributed by atoms with Crippen LogP contribution in [0.1, 0.15) is 33.3 Å². The summed E-state index contributed by atoms with van der Waals surface area (Å²) in [5, 5.41) is 4.88. The molecular formula is C15H21N3O5. The Bertz CT molecular complexity index is 608. The molecule has 0 radical (unpaired) electrons. The monoisotopic (exact) mass is 323 g/mol. The number of carbonyl (C=O) groups is 3. The Morgan fingerprint density at radius 1 is 1.22 bits per heavy atom. The molecule has 8 heteroatoms. The van der Waals surface area contributed by atoms with E-state index in [0.717, 1.165) is 0 Å². The van der Waals surface area contributed by atoms with Crippen molar-refractivity contribution >= 4 is 29.5 Å². The van der Waals surface area contributed by atoms with Crippen LogP contribution >= 0.6 is 0 Å². The van der Waals surface area contributed by atoms with Crippen LogP contribution in [0.25, 0.3) is 0 Å². The second-order valence-electron chi connectivity index (χ2n) is 5.69. The van der Waals surface area contributed by atoms with Crippen molar-refractivity contribution in [1.29, 1.82) is 0 Å². The minimum atomic E-state index is -0.971. The summed E-state index contributed by atoms with van der Waals surface area (Å²) in [5.74, 6) is -1.56. The summed E-state index contributed by atoms with van der Waals surface area (Å²) < 4.78 is 9.71. The number of carbonyl (C=O) groups excluding carboxylic acids is 3. The van der Waals surface area contributed by atoms with E-state index >= 15 is 0 Å². The Kier molecular flexibility index (Phi) is 6.06. The predicted octanol–water partition coefficient (Wildman–Crippen LogP) is 2.24. The first-order chi connectivity index (χ1) is 10.6. The van der Waals surface area contributed by atoms with Crippen molar-refractivity contribution in [2.45, 2.75) is 40.2 Å². The molecule has 0 aliphatic heterocycles. The average Bonchev–Trinajstić information content (AvgIpc) is 2.40. The van der Waals surface area contributed by atoms with Crippen LogP contribution in [0.2, 0.25) is 0 Å². The van der Waals surface area contributed by atoms with Gasteiger partial charge in [0.05, 0.1) is 18.5 Å². The number of aryl methyl sites for hydroxylation is 1. The lowest BCUT2D eigenvalue weighted by Crippen LogP contribution is -2.28. The molecule has 2 N–H and O–H groups in total. The Balaban J connectivity index is 2.73. The number of hydrogen-bond donors (Lipinski definition) is 2. The van der Waals surface area contributed by atoms with Gasteiger partial charge >= 0.3 is 18.0 Å². The summed E-state index contributed by atoms with van der Waals surface area (Å²) in [5.41, 5.74) is 0.291. The standard InChI is InChI=1S/C15H21N3O5/c1-6-22-13(20)12(19)17-10-7-9(2)11(16-8-10)18-14(21)23-15(3,4)5/h7-8H,6H2,1-5H3,(H,17,19)(H,16,18,21). The third-order valence-electron chi connectivity index (χ3n) is 2.42. The van der Waals surface area contributed by atoms with Crippen LogP contribution in [0, 0.1) is 6.92 Å². The summed E-state index contributed by atoms with van der Waals surface area (Å²) in [6, 6.07) is 1.57. The molecule has 8 nitrogen and oxygen atoms in total. The molecule has 0 saturated carbocycles. The van der Waals surface area contributed by atoms with Gasteiger partial charge < -0.3 is 14.8 Å². The number of anilines is 2. The highest BCUT2D eigenvalue weighted by molar-refractivity contribution is 6.37. The number of ether oxygens (including phenoxy) is 2. The third-order valence-corrected chi connectivity index (χ3v) is 2.42.